The summed E-state index contributed by atoms with van der Waals surface area (Å²) in [6.45, 7) is 0.459. The fraction of sp³-hybridized carbons (Fsp3) is 0.214. The van der Waals surface area contributed by atoms with Gasteiger partial charge >= 0.3 is 0 Å². The van der Waals surface area contributed by atoms with Crippen molar-refractivity contribution < 1.29 is 9.59 Å². The Balaban J connectivity index is 1.72. The second-order valence-corrected chi connectivity index (χ2v) is 4.92. The molecule has 1 aliphatic heterocycles. The normalized spacial score (nSPS) is 17.5. The molecule has 1 saturated heterocycles. The lowest BCUT2D eigenvalue weighted by molar-refractivity contribution is -0.119. The zero-order valence-electron chi connectivity index (χ0n) is 11.2. The highest BCUT2D eigenvalue weighted by molar-refractivity contribution is 5.93. The van der Waals surface area contributed by atoms with E-state index in [0.717, 1.165) is 5.69 Å². The Bertz CT molecular complexity index is 694. The zero-order valence-corrected chi connectivity index (χ0v) is 11.2. The van der Waals surface area contributed by atoms with Crippen molar-refractivity contribution in [3.63, 3.8) is 0 Å². The minimum atomic E-state index is -0.292. The van der Waals surface area contributed by atoms with Crippen molar-refractivity contribution in [3.8, 4) is 5.69 Å². The van der Waals surface area contributed by atoms with E-state index in [-0.39, 0.29) is 17.9 Å². The predicted molar refractivity (Wildman–Crippen MR) is 76.9 cm³/mol. The van der Waals surface area contributed by atoms with Gasteiger partial charge in [-0.15, -0.1) is 0 Å². The first kappa shape index (κ1) is 13.2. The molecule has 0 spiro atoms. The molecule has 7 heteroatoms. The molecule has 0 saturated carbocycles. The number of nitrogens with one attached hydrogen (secondary N) is 2. The van der Waals surface area contributed by atoms with Gasteiger partial charge in [0.05, 0.1) is 11.7 Å². The summed E-state index contributed by atoms with van der Waals surface area (Å²) >= 11 is 0. The van der Waals surface area contributed by atoms with Crippen molar-refractivity contribution in [2.75, 3.05) is 12.3 Å². The van der Waals surface area contributed by atoms with Crippen LogP contribution in [0.1, 0.15) is 16.9 Å². The van der Waals surface area contributed by atoms with Crippen LogP contribution in [0.5, 0.6) is 0 Å². The summed E-state index contributed by atoms with van der Waals surface area (Å²) in [5, 5.41) is 9.68. The average molecular weight is 285 g/mol. The molecule has 1 unspecified atom stereocenters. The van der Waals surface area contributed by atoms with E-state index in [0.29, 0.717) is 24.3 Å². The lowest BCUT2D eigenvalue weighted by Crippen LogP contribution is -2.36. The Morgan fingerprint density at radius 3 is 3.00 bits per heavy atom. The van der Waals surface area contributed by atoms with Gasteiger partial charge in [0.15, 0.2) is 5.69 Å². The lowest BCUT2D eigenvalue weighted by Gasteiger charge is -2.08. The largest absolute Gasteiger partial charge is 0.399 e. The summed E-state index contributed by atoms with van der Waals surface area (Å²) in [7, 11) is 0. The molecule has 1 fully saturated rings. The molecule has 2 amide bonds. The second-order valence-electron chi connectivity index (χ2n) is 4.92. The molecule has 2 aromatic rings. The lowest BCUT2D eigenvalue weighted by atomic mass is 10.2. The smallest absolute Gasteiger partial charge is 0.272 e. The summed E-state index contributed by atoms with van der Waals surface area (Å²) in [5.41, 5.74) is 7.44. The molecule has 4 N–H and O–H groups in total. The van der Waals surface area contributed by atoms with Gasteiger partial charge in [-0.3, -0.25) is 9.59 Å². The Kier molecular flexibility index (Phi) is 3.31. The van der Waals surface area contributed by atoms with Crippen molar-refractivity contribution in [3.05, 3.63) is 42.2 Å². The van der Waals surface area contributed by atoms with Crippen LogP contribution in [0.3, 0.4) is 0 Å². The molecule has 2 heterocycles. The molecule has 0 radical (unpaired) electrons. The third kappa shape index (κ3) is 2.86. The molecule has 7 nitrogen and oxygen atoms in total. The van der Waals surface area contributed by atoms with Crippen molar-refractivity contribution in [1.29, 1.82) is 0 Å². The third-order valence-corrected chi connectivity index (χ3v) is 3.27. The number of hydrogen-bond donors (Lipinski definition) is 3. The molecule has 0 bridgehead atoms. The van der Waals surface area contributed by atoms with E-state index in [1.54, 1.807) is 29.1 Å². The van der Waals surface area contributed by atoms with Crippen LogP contribution in [-0.2, 0) is 4.79 Å². The van der Waals surface area contributed by atoms with Gasteiger partial charge in [-0.05, 0) is 24.3 Å². The molecular formula is C14H15N5O2. The first-order valence-corrected chi connectivity index (χ1v) is 6.61. The third-order valence-electron chi connectivity index (χ3n) is 3.27. The number of aromatic nitrogens is 2. The number of nitrogens with two attached hydrogens (primary N) is 1. The number of carbonyl (C=O) groups excluding carboxylic acids is 2. The maximum Gasteiger partial charge on any atom is 0.272 e. The Morgan fingerprint density at radius 2 is 2.29 bits per heavy atom. The summed E-state index contributed by atoms with van der Waals surface area (Å²) in [6, 6.07) is 8.68. The second kappa shape index (κ2) is 5.28. The molecule has 21 heavy (non-hydrogen) atoms. The molecule has 108 valence electrons. The van der Waals surface area contributed by atoms with Crippen LogP contribution in [0.25, 0.3) is 5.69 Å². The first-order chi connectivity index (χ1) is 10.1. The molecule has 1 aromatic carbocycles. The highest BCUT2D eigenvalue weighted by Crippen LogP contribution is 2.12. The van der Waals surface area contributed by atoms with E-state index in [1.807, 2.05) is 12.1 Å². The van der Waals surface area contributed by atoms with Crippen LogP contribution in [0.2, 0.25) is 0 Å². The van der Waals surface area contributed by atoms with Crippen molar-refractivity contribution in [1.82, 2.24) is 20.4 Å². The number of nitrogen functional groups attached to an aromatic ring is 1. The number of benzene rings is 1. The van der Waals surface area contributed by atoms with Gasteiger partial charge < -0.3 is 16.4 Å². The minimum absolute atomic E-state index is 0.0504. The summed E-state index contributed by atoms with van der Waals surface area (Å²) in [6.07, 6.45) is 2.00. The van der Waals surface area contributed by atoms with Crippen LogP contribution in [0, 0.1) is 0 Å². The highest BCUT2D eigenvalue weighted by atomic mass is 16.2. The number of amides is 2. The van der Waals surface area contributed by atoms with Gasteiger partial charge in [-0.2, -0.15) is 5.10 Å². The number of carbonyl (C=O) groups is 2. The van der Waals surface area contributed by atoms with Gasteiger partial charge in [0.25, 0.3) is 5.91 Å². The topological polar surface area (TPSA) is 102 Å². The van der Waals surface area contributed by atoms with Crippen molar-refractivity contribution in [2.45, 2.75) is 12.5 Å². The van der Waals surface area contributed by atoms with E-state index < -0.39 is 0 Å². The molecule has 0 aliphatic carbocycles. The SMILES string of the molecule is Nc1cccc(-n2ccc(C(=O)NC3CNC(=O)C3)n2)c1. The van der Waals surface area contributed by atoms with E-state index in [9.17, 15) is 9.59 Å². The number of hydrogen-bond acceptors (Lipinski definition) is 4. The van der Waals surface area contributed by atoms with E-state index in [2.05, 4.69) is 15.7 Å². The summed E-state index contributed by atoms with van der Waals surface area (Å²) < 4.78 is 1.59. The van der Waals surface area contributed by atoms with E-state index >= 15 is 0 Å². The van der Waals surface area contributed by atoms with Gasteiger partial charge in [0, 0.05) is 24.8 Å². The standard InChI is InChI=1S/C14H15N5O2/c15-9-2-1-3-11(6-9)19-5-4-12(18-19)14(21)17-10-7-13(20)16-8-10/h1-6,10H,7-8,15H2,(H,16,20)(H,17,21). The molecule has 1 atom stereocenters. The van der Waals surface area contributed by atoms with Crippen molar-refractivity contribution in [2.24, 2.45) is 0 Å². The van der Waals surface area contributed by atoms with E-state index in [4.69, 9.17) is 5.73 Å². The molecule has 1 aliphatic rings. The minimum Gasteiger partial charge on any atom is -0.399 e. The van der Waals surface area contributed by atoms with Gasteiger partial charge in [0.2, 0.25) is 5.91 Å². The number of anilines is 1. The Hall–Kier alpha value is -2.83. The van der Waals surface area contributed by atoms with Gasteiger partial charge in [-0.1, -0.05) is 6.07 Å². The fourth-order valence-electron chi connectivity index (χ4n) is 2.22. The molecular weight excluding hydrogens is 270 g/mol. The van der Waals surface area contributed by atoms with E-state index in [1.165, 1.54) is 0 Å². The number of nitrogens with zero attached hydrogens (tertiary/aromatic N) is 2. The van der Waals surface area contributed by atoms with Crippen LogP contribution in [0.15, 0.2) is 36.5 Å². The fourth-order valence-corrected chi connectivity index (χ4v) is 2.22. The Morgan fingerprint density at radius 1 is 1.43 bits per heavy atom. The molecule has 3 rings (SSSR count). The highest BCUT2D eigenvalue weighted by Gasteiger charge is 2.24. The van der Waals surface area contributed by atoms with Crippen LogP contribution in [0.4, 0.5) is 5.69 Å². The predicted octanol–water partition coefficient (Wildman–Crippen LogP) is 0.0728. The quantitative estimate of drug-likeness (QED) is 0.695. The van der Waals surface area contributed by atoms with Crippen LogP contribution < -0.4 is 16.4 Å². The monoisotopic (exact) mass is 285 g/mol. The van der Waals surface area contributed by atoms with Gasteiger partial charge in [-0.25, -0.2) is 4.68 Å². The van der Waals surface area contributed by atoms with Crippen LogP contribution >= 0.6 is 0 Å². The molecule has 1 aromatic heterocycles. The zero-order chi connectivity index (χ0) is 14.8. The first-order valence-electron chi connectivity index (χ1n) is 6.61. The van der Waals surface area contributed by atoms with Crippen LogP contribution in [-0.4, -0.2) is 34.2 Å². The summed E-state index contributed by atoms with van der Waals surface area (Å²) in [5.74, 6) is -0.343. The maximum absolute atomic E-state index is 12.1. The number of rotatable bonds is 3. The average Bonchev–Trinajstić information content (AvgIpc) is 3.08. The maximum atomic E-state index is 12.1. The van der Waals surface area contributed by atoms with Crippen molar-refractivity contribution >= 4 is 17.5 Å². The summed E-state index contributed by atoms with van der Waals surface area (Å²) in [4.78, 5) is 23.2. The Labute approximate surface area is 121 Å². The van der Waals surface area contributed by atoms with Gasteiger partial charge in [0.1, 0.15) is 0 Å².